The van der Waals surface area contributed by atoms with Crippen LogP contribution in [0.3, 0.4) is 0 Å². The quantitative estimate of drug-likeness (QED) is 0.591. The van der Waals surface area contributed by atoms with Crippen molar-refractivity contribution in [2.75, 3.05) is 0 Å². The lowest BCUT2D eigenvalue weighted by Crippen LogP contribution is -1.99. The Morgan fingerprint density at radius 1 is 1.09 bits per heavy atom. The first kappa shape index (κ1) is 18.2. The molecule has 1 aromatic rings. The van der Waals surface area contributed by atoms with Crippen LogP contribution in [0.5, 0.6) is 0 Å². The van der Waals surface area contributed by atoms with Gasteiger partial charge in [-0.25, -0.2) is 8.78 Å². The first-order valence-electron chi connectivity index (χ1n) is 7.72. The maximum atomic E-state index is 13.9. The predicted octanol–water partition coefficient (Wildman–Crippen LogP) is 4.21. The van der Waals surface area contributed by atoms with Gasteiger partial charge in [-0.05, 0) is 25.0 Å². The molecule has 0 amide bonds. The van der Waals surface area contributed by atoms with Crippen molar-refractivity contribution < 1.29 is 13.9 Å². The average molecular weight is 304 g/mol. The largest absolute Gasteiger partial charge is 0.369 e. The maximum absolute atomic E-state index is 13.9. The Hall–Kier alpha value is -1.84. The van der Waals surface area contributed by atoms with Gasteiger partial charge >= 0.3 is 0 Å². The SMILES string of the molecule is C#C[C@@H](O)C#Cc1cc(F)c(CCCCCCCC)c(F)c1. The summed E-state index contributed by atoms with van der Waals surface area (Å²) in [4.78, 5) is 0. The lowest BCUT2D eigenvalue weighted by atomic mass is 10.0. The van der Waals surface area contributed by atoms with E-state index in [1.54, 1.807) is 0 Å². The zero-order valence-electron chi connectivity index (χ0n) is 13.0. The van der Waals surface area contributed by atoms with Crippen LogP contribution < -0.4 is 0 Å². The summed E-state index contributed by atoms with van der Waals surface area (Å²) < 4.78 is 27.9. The molecule has 0 aliphatic carbocycles. The van der Waals surface area contributed by atoms with E-state index in [0.29, 0.717) is 6.42 Å². The van der Waals surface area contributed by atoms with Crippen LogP contribution >= 0.6 is 0 Å². The number of unbranched alkanes of at least 4 members (excludes halogenated alkanes) is 5. The maximum Gasteiger partial charge on any atom is 0.176 e. The molecule has 0 aliphatic rings. The highest BCUT2D eigenvalue weighted by atomic mass is 19.1. The number of aliphatic hydroxyl groups is 1. The van der Waals surface area contributed by atoms with Crippen molar-refractivity contribution in [3.8, 4) is 24.2 Å². The summed E-state index contributed by atoms with van der Waals surface area (Å²) in [6, 6.07) is 2.37. The number of hydrogen-bond donors (Lipinski definition) is 1. The number of benzene rings is 1. The van der Waals surface area contributed by atoms with E-state index in [2.05, 4.69) is 18.8 Å². The summed E-state index contributed by atoms with van der Waals surface area (Å²) in [5.74, 6) is 5.64. The fourth-order valence-electron chi connectivity index (χ4n) is 2.19. The number of halogens is 2. The minimum atomic E-state index is -1.23. The van der Waals surface area contributed by atoms with Gasteiger partial charge in [0.05, 0.1) is 0 Å². The second-order valence-corrected chi connectivity index (χ2v) is 5.27. The Balaban J connectivity index is 2.62. The van der Waals surface area contributed by atoms with Gasteiger partial charge in [0.15, 0.2) is 6.10 Å². The van der Waals surface area contributed by atoms with Gasteiger partial charge < -0.3 is 5.11 Å². The van der Waals surface area contributed by atoms with E-state index in [1.165, 1.54) is 31.4 Å². The van der Waals surface area contributed by atoms with E-state index in [1.807, 2.05) is 5.92 Å². The second kappa shape index (κ2) is 9.98. The van der Waals surface area contributed by atoms with Crippen LogP contribution in [0.15, 0.2) is 12.1 Å². The van der Waals surface area contributed by atoms with Gasteiger partial charge in [-0.1, -0.05) is 56.8 Å². The minimum Gasteiger partial charge on any atom is -0.369 e. The van der Waals surface area contributed by atoms with E-state index in [-0.39, 0.29) is 11.1 Å². The molecular formula is C19H22F2O. The molecule has 1 N–H and O–H groups in total. The standard InChI is InChI=1S/C19H22F2O/c1-3-5-6-7-8-9-10-17-18(20)13-15(14-19(17)21)11-12-16(22)4-2/h2,13-14,16,22H,3,5-10H2,1H3/t16-/m1/s1. The van der Waals surface area contributed by atoms with Crippen molar-refractivity contribution in [3.63, 3.8) is 0 Å². The highest BCUT2D eigenvalue weighted by molar-refractivity contribution is 5.39. The van der Waals surface area contributed by atoms with Crippen molar-refractivity contribution >= 4 is 0 Å². The summed E-state index contributed by atoms with van der Waals surface area (Å²) in [7, 11) is 0. The van der Waals surface area contributed by atoms with Gasteiger partial charge in [-0.2, -0.15) is 0 Å². The van der Waals surface area contributed by atoms with E-state index in [0.717, 1.165) is 19.3 Å². The van der Waals surface area contributed by atoms with E-state index < -0.39 is 17.7 Å². The molecule has 0 fully saturated rings. The smallest absolute Gasteiger partial charge is 0.176 e. The third-order valence-electron chi connectivity index (χ3n) is 3.43. The van der Waals surface area contributed by atoms with Crippen molar-refractivity contribution in [1.82, 2.24) is 0 Å². The highest BCUT2D eigenvalue weighted by Crippen LogP contribution is 2.18. The van der Waals surface area contributed by atoms with Gasteiger partial charge in [-0.15, -0.1) is 6.42 Å². The molecule has 1 nitrogen and oxygen atoms in total. The Labute approximate surface area is 131 Å². The summed E-state index contributed by atoms with van der Waals surface area (Å²) in [5.41, 5.74) is 0.287. The zero-order valence-corrected chi connectivity index (χ0v) is 13.0. The first-order valence-corrected chi connectivity index (χ1v) is 7.72. The number of rotatable bonds is 7. The van der Waals surface area contributed by atoms with Crippen molar-refractivity contribution in [3.05, 3.63) is 34.9 Å². The van der Waals surface area contributed by atoms with Crippen LogP contribution in [-0.2, 0) is 6.42 Å². The first-order chi connectivity index (χ1) is 10.6. The van der Waals surface area contributed by atoms with E-state index >= 15 is 0 Å². The van der Waals surface area contributed by atoms with Crippen molar-refractivity contribution in [2.45, 2.75) is 58.0 Å². The number of aliphatic hydroxyl groups excluding tert-OH is 1. The molecule has 0 aliphatic heterocycles. The monoisotopic (exact) mass is 304 g/mol. The summed E-state index contributed by atoms with van der Waals surface area (Å²) in [5, 5.41) is 9.12. The lowest BCUT2D eigenvalue weighted by Gasteiger charge is -2.06. The summed E-state index contributed by atoms with van der Waals surface area (Å²) in [6.45, 7) is 2.15. The lowest BCUT2D eigenvalue weighted by molar-refractivity contribution is 0.290. The summed E-state index contributed by atoms with van der Waals surface area (Å²) in [6.07, 6.45) is 10.6. The van der Waals surface area contributed by atoms with Crippen LogP contribution in [0.2, 0.25) is 0 Å². The molecule has 22 heavy (non-hydrogen) atoms. The normalized spacial score (nSPS) is 11.4. The molecule has 3 heteroatoms. The third kappa shape index (κ3) is 6.29. The molecule has 0 bridgehead atoms. The van der Waals surface area contributed by atoms with Crippen LogP contribution in [0.4, 0.5) is 8.78 Å². The van der Waals surface area contributed by atoms with Gasteiger partial charge in [0.2, 0.25) is 0 Å². The van der Waals surface area contributed by atoms with Crippen LogP contribution in [0, 0.1) is 35.8 Å². The third-order valence-corrected chi connectivity index (χ3v) is 3.43. The van der Waals surface area contributed by atoms with Crippen LogP contribution in [0.25, 0.3) is 0 Å². The second-order valence-electron chi connectivity index (χ2n) is 5.27. The Kier molecular flexibility index (Phi) is 8.26. The van der Waals surface area contributed by atoms with E-state index in [9.17, 15) is 8.78 Å². The zero-order chi connectivity index (χ0) is 16.4. The Morgan fingerprint density at radius 2 is 1.68 bits per heavy atom. The number of hydrogen-bond acceptors (Lipinski definition) is 1. The average Bonchev–Trinajstić information content (AvgIpc) is 2.50. The molecule has 0 heterocycles. The molecule has 0 aromatic heterocycles. The molecule has 0 saturated carbocycles. The molecule has 118 valence electrons. The fourth-order valence-corrected chi connectivity index (χ4v) is 2.19. The molecule has 0 radical (unpaired) electrons. The minimum absolute atomic E-state index is 0.110. The van der Waals surface area contributed by atoms with Crippen molar-refractivity contribution in [2.24, 2.45) is 0 Å². The van der Waals surface area contributed by atoms with Crippen LogP contribution in [0.1, 0.15) is 56.6 Å². The van der Waals surface area contributed by atoms with Crippen LogP contribution in [-0.4, -0.2) is 11.2 Å². The number of terminal acetylenes is 1. The summed E-state index contributed by atoms with van der Waals surface area (Å²) >= 11 is 0. The fraction of sp³-hybridized carbons (Fsp3) is 0.474. The van der Waals surface area contributed by atoms with Gasteiger partial charge in [0, 0.05) is 11.1 Å². The predicted molar refractivity (Wildman–Crippen MR) is 85.2 cm³/mol. The highest BCUT2D eigenvalue weighted by Gasteiger charge is 2.10. The molecule has 1 rings (SSSR count). The Morgan fingerprint density at radius 3 is 2.27 bits per heavy atom. The van der Waals surface area contributed by atoms with Crippen molar-refractivity contribution in [1.29, 1.82) is 0 Å². The van der Waals surface area contributed by atoms with E-state index in [4.69, 9.17) is 11.5 Å². The Bertz CT molecular complexity index is 552. The topological polar surface area (TPSA) is 20.2 Å². The molecule has 1 aromatic carbocycles. The molecule has 0 saturated heterocycles. The molecule has 0 unspecified atom stereocenters. The van der Waals surface area contributed by atoms with Gasteiger partial charge in [0.1, 0.15) is 11.6 Å². The van der Waals surface area contributed by atoms with Gasteiger partial charge in [0.25, 0.3) is 0 Å². The molecule has 1 atom stereocenters. The molecular weight excluding hydrogens is 282 g/mol. The molecule has 0 spiro atoms. The van der Waals surface area contributed by atoms with Gasteiger partial charge in [-0.3, -0.25) is 0 Å².